The standard InChI is InChI=1S/C13H22N2O/c1-9(2)10-4-6-11(7-5-10)13-14-12(16)8-15(13)3/h8-11,16H,4-7H2,1-3H3. The van der Waals surface area contributed by atoms with Crippen molar-refractivity contribution in [2.45, 2.75) is 45.4 Å². The predicted octanol–water partition coefficient (Wildman–Crippen LogP) is 3.06. The van der Waals surface area contributed by atoms with Gasteiger partial charge in [-0.15, -0.1) is 0 Å². The minimum absolute atomic E-state index is 0.156. The van der Waals surface area contributed by atoms with Crippen LogP contribution in [0.5, 0.6) is 5.88 Å². The molecule has 1 heterocycles. The molecule has 0 bridgehead atoms. The monoisotopic (exact) mass is 222 g/mol. The Morgan fingerprint density at radius 1 is 1.31 bits per heavy atom. The van der Waals surface area contributed by atoms with Crippen LogP contribution in [0.3, 0.4) is 0 Å². The molecule has 90 valence electrons. The van der Waals surface area contributed by atoms with Crippen LogP contribution >= 0.6 is 0 Å². The number of nitrogens with zero attached hydrogens (tertiary/aromatic N) is 2. The van der Waals surface area contributed by atoms with Crippen molar-refractivity contribution in [3.63, 3.8) is 0 Å². The molecule has 3 heteroatoms. The number of hydrogen-bond acceptors (Lipinski definition) is 2. The molecule has 16 heavy (non-hydrogen) atoms. The Hall–Kier alpha value is -0.990. The molecule has 1 N–H and O–H groups in total. The first kappa shape index (κ1) is 11.5. The zero-order chi connectivity index (χ0) is 11.7. The van der Waals surface area contributed by atoms with Crippen molar-refractivity contribution >= 4 is 0 Å². The second-order valence-electron chi connectivity index (χ2n) is 5.42. The van der Waals surface area contributed by atoms with Gasteiger partial charge in [0.25, 0.3) is 0 Å². The molecule has 3 nitrogen and oxygen atoms in total. The molecule has 2 rings (SSSR count). The highest BCUT2D eigenvalue weighted by atomic mass is 16.3. The topological polar surface area (TPSA) is 38.1 Å². The molecule has 1 aliphatic rings. The number of aryl methyl sites for hydroxylation is 1. The third-order valence-corrected chi connectivity index (χ3v) is 3.98. The van der Waals surface area contributed by atoms with E-state index in [0.29, 0.717) is 5.92 Å². The lowest BCUT2D eigenvalue weighted by molar-refractivity contribution is 0.253. The Kier molecular flexibility index (Phi) is 3.22. The molecule has 1 fully saturated rings. The Morgan fingerprint density at radius 3 is 2.38 bits per heavy atom. The van der Waals surface area contributed by atoms with Crippen LogP contribution in [0.4, 0.5) is 0 Å². The van der Waals surface area contributed by atoms with E-state index < -0.39 is 0 Å². The van der Waals surface area contributed by atoms with Crippen LogP contribution in [0.1, 0.15) is 51.3 Å². The Bertz CT molecular complexity index is 349. The SMILES string of the molecule is CC(C)C1CCC(c2nc(O)cn2C)CC1. The van der Waals surface area contributed by atoms with Gasteiger partial charge in [-0.1, -0.05) is 13.8 Å². The zero-order valence-corrected chi connectivity index (χ0v) is 10.5. The first-order valence-electron chi connectivity index (χ1n) is 6.30. The third kappa shape index (κ3) is 2.23. The molecule has 0 unspecified atom stereocenters. The second kappa shape index (κ2) is 4.48. The molecule has 0 aliphatic heterocycles. The minimum atomic E-state index is 0.156. The fraction of sp³-hybridized carbons (Fsp3) is 0.769. The lowest BCUT2D eigenvalue weighted by Crippen LogP contribution is -2.19. The van der Waals surface area contributed by atoms with Gasteiger partial charge in [0.05, 0.1) is 6.20 Å². The number of hydrogen-bond donors (Lipinski definition) is 1. The van der Waals surface area contributed by atoms with E-state index in [-0.39, 0.29) is 5.88 Å². The molecule has 1 saturated carbocycles. The fourth-order valence-electron chi connectivity index (χ4n) is 2.89. The zero-order valence-electron chi connectivity index (χ0n) is 10.5. The molecule has 1 aromatic rings. The number of rotatable bonds is 2. The molecule has 0 spiro atoms. The van der Waals surface area contributed by atoms with Crippen molar-refractivity contribution in [3.05, 3.63) is 12.0 Å². The van der Waals surface area contributed by atoms with Gasteiger partial charge in [-0.3, -0.25) is 0 Å². The molecule has 1 aromatic heterocycles. The molecule has 0 aromatic carbocycles. The van der Waals surface area contributed by atoms with Gasteiger partial charge < -0.3 is 9.67 Å². The van der Waals surface area contributed by atoms with E-state index in [2.05, 4.69) is 18.8 Å². The Morgan fingerprint density at radius 2 is 1.94 bits per heavy atom. The highest BCUT2D eigenvalue weighted by Crippen LogP contribution is 2.38. The highest BCUT2D eigenvalue weighted by Gasteiger charge is 2.26. The van der Waals surface area contributed by atoms with Gasteiger partial charge in [0.1, 0.15) is 5.82 Å². The van der Waals surface area contributed by atoms with Gasteiger partial charge in [0.2, 0.25) is 5.88 Å². The van der Waals surface area contributed by atoms with E-state index in [1.807, 2.05) is 11.6 Å². The summed E-state index contributed by atoms with van der Waals surface area (Å²) in [6.07, 6.45) is 6.73. The van der Waals surface area contributed by atoms with Gasteiger partial charge in [-0.05, 0) is 37.5 Å². The Balaban J connectivity index is 2.01. The van der Waals surface area contributed by atoms with Gasteiger partial charge in [0, 0.05) is 13.0 Å². The highest BCUT2D eigenvalue weighted by molar-refractivity contribution is 5.11. The minimum Gasteiger partial charge on any atom is -0.492 e. The van der Waals surface area contributed by atoms with E-state index in [4.69, 9.17) is 0 Å². The first-order valence-corrected chi connectivity index (χ1v) is 6.30. The third-order valence-electron chi connectivity index (χ3n) is 3.98. The van der Waals surface area contributed by atoms with Crippen LogP contribution in [0.2, 0.25) is 0 Å². The largest absolute Gasteiger partial charge is 0.492 e. The lowest BCUT2D eigenvalue weighted by atomic mass is 9.77. The van der Waals surface area contributed by atoms with Crippen LogP contribution < -0.4 is 0 Å². The lowest BCUT2D eigenvalue weighted by Gasteiger charge is -2.30. The summed E-state index contributed by atoms with van der Waals surface area (Å²) in [4.78, 5) is 4.22. The molecule has 0 amide bonds. The summed E-state index contributed by atoms with van der Waals surface area (Å²) in [7, 11) is 1.97. The summed E-state index contributed by atoms with van der Waals surface area (Å²) in [5.41, 5.74) is 0. The molecular formula is C13H22N2O. The summed E-state index contributed by atoms with van der Waals surface area (Å²) < 4.78 is 1.97. The van der Waals surface area contributed by atoms with Crippen LogP contribution in [0, 0.1) is 11.8 Å². The maximum atomic E-state index is 9.37. The van der Waals surface area contributed by atoms with Gasteiger partial charge in [-0.2, -0.15) is 4.98 Å². The van der Waals surface area contributed by atoms with Gasteiger partial charge in [-0.25, -0.2) is 0 Å². The van der Waals surface area contributed by atoms with Crippen LogP contribution in [-0.2, 0) is 7.05 Å². The van der Waals surface area contributed by atoms with E-state index in [1.165, 1.54) is 25.7 Å². The van der Waals surface area contributed by atoms with Crippen molar-refractivity contribution in [2.24, 2.45) is 18.9 Å². The van der Waals surface area contributed by atoms with Crippen LogP contribution in [0.25, 0.3) is 0 Å². The normalized spacial score (nSPS) is 26.2. The smallest absolute Gasteiger partial charge is 0.229 e. The van der Waals surface area contributed by atoms with Crippen LogP contribution in [-0.4, -0.2) is 14.7 Å². The number of aromatic nitrogens is 2. The predicted molar refractivity (Wildman–Crippen MR) is 64.4 cm³/mol. The molecule has 0 radical (unpaired) electrons. The van der Waals surface area contributed by atoms with Crippen molar-refractivity contribution in [1.82, 2.24) is 9.55 Å². The van der Waals surface area contributed by atoms with Crippen molar-refractivity contribution < 1.29 is 5.11 Å². The van der Waals surface area contributed by atoms with E-state index in [0.717, 1.165) is 17.7 Å². The summed E-state index contributed by atoms with van der Waals surface area (Å²) in [6.45, 7) is 4.63. The van der Waals surface area contributed by atoms with Gasteiger partial charge in [0.15, 0.2) is 0 Å². The van der Waals surface area contributed by atoms with E-state index in [1.54, 1.807) is 6.20 Å². The fourth-order valence-corrected chi connectivity index (χ4v) is 2.89. The quantitative estimate of drug-likeness (QED) is 0.835. The maximum absolute atomic E-state index is 9.37. The molecule has 1 aliphatic carbocycles. The maximum Gasteiger partial charge on any atom is 0.229 e. The summed E-state index contributed by atoms with van der Waals surface area (Å²) in [6, 6.07) is 0. The molecular weight excluding hydrogens is 200 g/mol. The van der Waals surface area contributed by atoms with E-state index in [9.17, 15) is 5.11 Å². The van der Waals surface area contributed by atoms with Crippen molar-refractivity contribution in [2.75, 3.05) is 0 Å². The summed E-state index contributed by atoms with van der Waals surface area (Å²) >= 11 is 0. The first-order chi connectivity index (χ1) is 7.58. The van der Waals surface area contributed by atoms with Crippen molar-refractivity contribution in [1.29, 1.82) is 0 Å². The molecule has 0 atom stereocenters. The number of aromatic hydroxyl groups is 1. The Labute approximate surface area is 97.5 Å². The van der Waals surface area contributed by atoms with Crippen LogP contribution in [0.15, 0.2) is 6.20 Å². The number of imidazole rings is 1. The van der Waals surface area contributed by atoms with E-state index >= 15 is 0 Å². The second-order valence-corrected chi connectivity index (χ2v) is 5.42. The average Bonchev–Trinajstić information content (AvgIpc) is 2.58. The molecule has 0 saturated heterocycles. The van der Waals surface area contributed by atoms with Gasteiger partial charge >= 0.3 is 0 Å². The van der Waals surface area contributed by atoms with Crippen molar-refractivity contribution in [3.8, 4) is 5.88 Å². The average molecular weight is 222 g/mol. The summed E-state index contributed by atoms with van der Waals surface area (Å²) in [5.74, 6) is 3.44. The summed E-state index contributed by atoms with van der Waals surface area (Å²) in [5, 5.41) is 9.37.